The van der Waals surface area contributed by atoms with Gasteiger partial charge in [0.05, 0.1) is 29.5 Å². The molecule has 2 aliphatic rings. The third-order valence-electron chi connectivity index (χ3n) is 6.00. The molecule has 2 fully saturated rings. The molecule has 0 bridgehead atoms. The summed E-state index contributed by atoms with van der Waals surface area (Å²) in [6.07, 6.45) is 0.511. The second-order valence-electron chi connectivity index (χ2n) is 8.46. The fourth-order valence-corrected chi connectivity index (χ4v) is 7.16. The number of carbonyl (C=O) groups excluding carboxylic acids is 2. The number of sulfone groups is 1. The van der Waals surface area contributed by atoms with Gasteiger partial charge >= 0.3 is 0 Å². The Morgan fingerprint density at radius 3 is 2.42 bits per heavy atom. The fourth-order valence-electron chi connectivity index (χ4n) is 4.59. The lowest BCUT2D eigenvalue weighted by molar-refractivity contribution is -0.154. The maximum Gasteiger partial charge on any atom is 0.243 e. The third kappa shape index (κ3) is 4.26. The molecule has 9 heteroatoms. The average Bonchev–Trinajstić information content (AvgIpc) is 3.41. The molecule has 2 aromatic rings. The minimum Gasteiger partial charge on any atom is -0.303 e. The zero-order valence-electron chi connectivity index (χ0n) is 17.9. The molecule has 0 radical (unpaired) electrons. The first-order valence-corrected chi connectivity index (χ1v) is 13.0. The fraction of sp³-hybridized carbons (Fsp3) is 0.455. The Morgan fingerprint density at radius 2 is 1.87 bits per heavy atom. The molecule has 0 unspecified atom stereocenters. The van der Waals surface area contributed by atoms with Crippen LogP contribution in [-0.2, 0) is 19.4 Å². The Balaban J connectivity index is 1.71. The molecule has 1 aromatic heterocycles. The lowest BCUT2D eigenvalue weighted by Crippen LogP contribution is -2.52. The van der Waals surface area contributed by atoms with Crippen molar-refractivity contribution in [3.05, 3.63) is 52.2 Å². The predicted molar refractivity (Wildman–Crippen MR) is 121 cm³/mol. The maximum atomic E-state index is 13.8. The van der Waals surface area contributed by atoms with E-state index in [1.165, 1.54) is 11.3 Å². The highest BCUT2D eigenvalue weighted by atomic mass is 32.2. The molecule has 3 heterocycles. The van der Waals surface area contributed by atoms with Crippen LogP contribution < -0.4 is 4.90 Å². The Bertz CT molecular complexity index is 1060. The van der Waals surface area contributed by atoms with Crippen LogP contribution in [-0.4, -0.2) is 61.9 Å². The van der Waals surface area contributed by atoms with E-state index < -0.39 is 27.8 Å². The highest BCUT2D eigenvalue weighted by molar-refractivity contribution is 7.91. The van der Waals surface area contributed by atoms with Crippen LogP contribution >= 0.6 is 11.3 Å². The molecule has 7 nitrogen and oxygen atoms in total. The van der Waals surface area contributed by atoms with E-state index in [2.05, 4.69) is 0 Å². The van der Waals surface area contributed by atoms with E-state index in [1.54, 1.807) is 29.0 Å². The van der Waals surface area contributed by atoms with Crippen LogP contribution in [0.2, 0.25) is 0 Å². The van der Waals surface area contributed by atoms with Gasteiger partial charge in [0.25, 0.3) is 0 Å². The average molecular weight is 462 g/mol. The minimum absolute atomic E-state index is 0.0388. The molecule has 0 N–H and O–H groups in total. The lowest BCUT2D eigenvalue weighted by atomic mass is 9.96. The van der Waals surface area contributed by atoms with E-state index >= 15 is 0 Å². The van der Waals surface area contributed by atoms with Gasteiger partial charge in [0.2, 0.25) is 11.8 Å². The largest absolute Gasteiger partial charge is 0.303 e. The minimum atomic E-state index is -3.15. The topological polar surface area (TPSA) is 78.0 Å². The summed E-state index contributed by atoms with van der Waals surface area (Å²) in [5.74, 6) is -0.837. The Morgan fingerprint density at radius 1 is 1.16 bits per heavy atom. The van der Waals surface area contributed by atoms with Crippen molar-refractivity contribution in [1.29, 1.82) is 0 Å². The second kappa shape index (κ2) is 8.37. The number of hydrogen-bond acceptors (Lipinski definition) is 6. The number of carbonyl (C=O) groups is 2. The van der Waals surface area contributed by atoms with Crippen LogP contribution in [0.25, 0.3) is 0 Å². The monoisotopic (exact) mass is 461 g/mol. The zero-order chi connectivity index (χ0) is 22.3. The van der Waals surface area contributed by atoms with Gasteiger partial charge in [-0.2, -0.15) is 0 Å². The molecule has 4 rings (SSSR count). The molecular weight excluding hydrogens is 434 g/mol. The number of hydrogen-bond donors (Lipinski definition) is 0. The first kappa shape index (κ1) is 22.0. The van der Waals surface area contributed by atoms with Gasteiger partial charge in [-0.1, -0.05) is 23.8 Å². The van der Waals surface area contributed by atoms with Crippen molar-refractivity contribution in [3.63, 3.8) is 0 Å². The molecule has 31 heavy (non-hydrogen) atoms. The number of benzene rings is 1. The summed E-state index contributed by atoms with van der Waals surface area (Å²) in [7, 11) is 0.343. The molecule has 2 aliphatic heterocycles. The normalized spacial score (nSPS) is 25.4. The first-order chi connectivity index (χ1) is 14.7. The summed E-state index contributed by atoms with van der Waals surface area (Å²) in [4.78, 5) is 29.6. The lowest BCUT2D eigenvalue weighted by Gasteiger charge is -2.37. The molecule has 2 saturated heterocycles. The van der Waals surface area contributed by atoms with E-state index in [-0.39, 0.29) is 29.7 Å². The van der Waals surface area contributed by atoms with Gasteiger partial charge in [0.15, 0.2) is 9.84 Å². The van der Waals surface area contributed by atoms with Crippen molar-refractivity contribution in [1.82, 2.24) is 10.0 Å². The van der Waals surface area contributed by atoms with Crippen LogP contribution in [0.15, 0.2) is 41.8 Å². The molecule has 3 atom stereocenters. The summed E-state index contributed by atoms with van der Waals surface area (Å²) in [6.45, 7) is 1.99. The summed E-state index contributed by atoms with van der Waals surface area (Å²) in [5.41, 5.74) is 1.86. The summed E-state index contributed by atoms with van der Waals surface area (Å²) in [6, 6.07) is 10.8. The standard InChI is InChI=1S/C22H27N3O4S2/c1-15-6-8-16(9-7-15)24-20(26)13-18(21(24)19-5-4-11-30-19)22(27)25(23(2)3)17-10-12-31(28,29)14-17/h4-9,11,17-18,21H,10,12-14H2,1-3H3/t17-,18+,21+/m1/s1. The Hall–Kier alpha value is -2.23. The molecule has 0 saturated carbocycles. The quantitative estimate of drug-likeness (QED) is 0.640. The van der Waals surface area contributed by atoms with Crippen molar-refractivity contribution in [3.8, 4) is 0 Å². The van der Waals surface area contributed by atoms with Crippen LogP contribution in [0.4, 0.5) is 5.69 Å². The Labute approximate surface area is 187 Å². The number of nitrogens with zero attached hydrogens (tertiary/aromatic N) is 3. The van der Waals surface area contributed by atoms with Crippen LogP contribution in [0.1, 0.15) is 29.3 Å². The highest BCUT2D eigenvalue weighted by Gasteiger charge is 2.49. The molecular formula is C22H27N3O4S2. The van der Waals surface area contributed by atoms with Crippen molar-refractivity contribution in [2.45, 2.75) is 31.8 Å². The number of hydrazine groups is 1. The van der Waals surface area contributed by atoms with E-state index in [0.29, 0.717) is 6.42 Å². The van der Waals surface area contributed by atoms with E-state index in [0.717, 1.165) is 16.1 Å². The molecule has 1 aromatic carbocycles. The molecule has 2 amide bonds. The van der Waals surface area contributed by atoms with Crippen molar-refractivity contribution < 1.29 is 18.0 Å². The van der Waals surface area contributed by atoms with Gasteiger partial charge in [0, 0.05) is 31.1 Å². The molecule has 0 spiro atoms. The summed E-state index contributed by atoms with van der Waals surface area (Å²) >= 11 is 1.52. The highest BCUT2D eigenvalue weighted by Crippen LogP contribution is 2.44. The van der Waals surface area contributed by atoms with Crippen molar-refractivity contribution >= 4 is 38.7 Å². The maximum absolute atomic E-state index is 13.8. The van der Waals surface area contributed by atoms with Gasteiger partial charge in [-0.05, 0) is 36.9 Å². The van der Waals surface area contributed by atoms with E-state index in [9.17, 15) is 18.0 Å². The number of amides is 2. The van der Waals surface area contributed by atoms with Gasteiger partial charge in [-0.15, -0.1) is 11.3 Å². The van der Waals surface area contributed by atoms with Crippen molar-refractivity contribution in [2.24, 2.45) is 5.92 Å². The third-order valence-corrected chi connectivity index (χ3v) is 8.69. The molecule has 166 valence electrons. The SMILES string of the molecule is Cc1ccc(N2C(=O)C[C@H](C(=O)N([C@@H]3CCS(=O)(=O)C3)N(C)C)[C@H]2c2cccs2)cc1. The summed E-state index contributed by atoms with van der Waals surface area (Å²) < 4.78 is 24.1. The number of aryl methyl sites for hydroxylation is 1. The van der Waals surface area contributed by atoms with Gasteiger partial charge in [0.1, 0.15) is 0 Å². The predicted octanol–water partition coefficient (Wildman–Crippen LogP) is 2.64. The summed E-state index contributed by atoms with van der Waals surface area (Å²) in [5, 5.41) is 5.17. The van der Waals surface area contributed by atoms with Crippen LogP contribution in [0, 0.1) is 12.8 Å². The zero-order valence-corrected chi connectivity index (χ0v) is 19.5. The number of anilines is 1. The number of thiophene rings is 1. The van der Waals surface area contributed by atoms with Crippen molar-refractivity contribution in [2.75, 3.05) is 30.5 Å². The van der Waals surface area contributed by atoms with Gasteiger partial charge in [-0.3, -0.25) is 14.6 Å². The number of rotatable bonds is 5. The van der Waals surface area contributed by atoms with Gasteiger partial charge < -0.3 is 4.90 Å². The van der Waals surface area contributed by atoms with E-state index in [4.69, 9.17) is 0 Å². The Kier molecular flexibility index (Phi) is 5.93. The van der Waals surface area contributed by atoms with Crippen LogP contribution in [0.3, 0.4) is 0 Å². The first-order valence-electron chi connectivity index (χ1n) is 10.3. The second-order valence-corrected chi connectivity index (χ2v) is 11.7. The molecule has 0 aliphatic carbocycles. The smallest absolute Gasteiger partial charge is 0.243 e. The van der Waals surface area contributed by atoms with Crippen LogP contribution in [0.5, 0.6) is 0 Å². The van der Waals surface area contributed by atoms with E-state index in [1.807, 2.05) is 48.7 Å². The van der Waals surface area contributed by atoms with Gasteiger partial charge in [-0.25, -0.2) is 13.4 Å².